The Labute approximate surface area is 116 Å². The molecule has 1 fully saturated rings. The van der Waals surface area contributed by atoms with Crippen LogP contribution in [0, 0.1) is 0 Å². The highest BCUT2D eigenvalue weighted by molar-refractivity contribution is 5.68. The first kappa shape index (κ1) is 16.2. The highest BCUT2D eigenvalue weighted by Gasteiger charge is 2.21. The van der Waals surface area contributed by atoms with E-state index in [0.29, 0.717) is 19.1 Å². The van der Waals surface area contributed by atoms with E-state index in [9.17, 15) is 4.79 Å². The van der Waals surface area contributed by atoms with E-state index in [1.54, 1.807) is 4.90 Å². The smallest absolute Gasteiger partial charge is 0.410 e. The van der Waals surface area contributed by atoms with Gasteiger partial charge in [0, 0.05) is 32.3 Å². The van der Waals surface area contributed by atoms with Crippen LogP contribution in [0.2, 0.25) is 0 Å². The largest absolute Gasteiger partial charge is 0.444 e. The lowest BCUT2D eigenvalue weighted by atomic mass is 10.1. The highest BCUT2D eigenvalue weighted by Crippen LogP contribution is 2.10. The molecule has 1 amide bonds. The average molecular weight is 272 g/mol. The van der Waals surface area contributed by atoms with Gasteiger partial charge in [0.25, 0.3) is 0 Å². The molecular formula is C14H28N2O3. The van der Waals surface area contributed by atoms with E-state index in [4.69, 9.17) is 9.47 Å². The third kappa shape index (κ3) is 6.78. The van der Waals surface area contributed by atoms with Crippen LogP contribution in [0.25, 0.3) is 0 Å². The van der Waals surface area contributed by atoms with E-state index in [1.807, 2.05) is 27.7 Å². The minimum Gasteiger partial charge on any atom is -0.444 e. The van der Waals surface area contributed by atoms with Gasteiger partial charge in [-0.05, 0) is 40.5 Å². The van der Waals surface area contributed by atoms with Crippen LogP contribution in [0.15, 0.2) is 0 Å². The molecule has 112 valence electrons. The fraction of sp³-hybridized carbons (Fsp3) is 0.929. The summed E-state index contributed by atoms with van der Waals surface area (Å²) < 4.78 is 10.8. The van der Waals surface area contributed by atoms with Crippen molar-refractivity contribution in [1.82, 2.24) is 10.2 Å². The van der Waals surface area contributed by atoms with Crippen LogP contribution in [0.5, 0.6) is 0 Å². The van der Waals surface area contributed by atoms with E-state index in [1.165, 1.54) is 0 Å². The maximum absolute atomic E-state index is 11.9. The Balaban J connectivity index is 2.25. The van der Waals surface area contributed by atoms with Crippen molar-refractivity contribution in [3.8, 4) is 0 Å². The predicted molar refractivity (Wildman–Crippen MR) is 75.3 cm³/mol. The van der Waals surface area contributed by atoms with Crippen molar-refractivity contribution < 1.29 is 14.3 Å². The normalized spacial score (nSPS) is 20.1. The first-order valence-corrected chi connectivity index (χ1v) is 7.21. The molecule has 0 aromatic carbocycles. The standard InChI is InChI=1S/C14H28N2O3/c1-5-16(13(17)19-14(2,3)4)9-8-15-12-7-6-10-18-11-12/h12,15H,5-11H2,1-4H3. The molecule has 1 atom stereocenters. The summed E-state index contributed by atoms with van der Waals surface area (Å²) in [6, 6.07) is 0.422. The number of carbonyl (C=O) groups excluding carboxylic acids is 1. The molecule has 5 nitrogen and oxygen atoms in total. The van der Waals surface area contributed by atoms with Crippen molar-refractivity contribution in [3.05, 3.63) is 0 Å². The Morgan fingerprint density at radius 2 is 2.21 bits per heavy atom. The molecule has 0 spiro atoms. The summed E-state index contributed by atoms with van der Waals surface area (Å²) in [6.07, 6.45) is 2.02. The molecule has 1 aliphatic rings. The molecule has 1 N–H and O–H groups in total. The van der Waals surface area contributed by atoms with Gasteiger partial charge < -0.3 is 19.7 Å². The number of carbonyl (C=O) groups is 1. The summed E-state index contributed by atoms with van der Waals surface area (Å²) in [4.78, 5) is 13.6. The van der Waals surface area contributed by atoms with Gasteiger partial charge in [0.2, 0.25) is 0 Å². The lowest BCUT2D eigenvalue weighted by molar-refractivity contribution is 0.0253. The second-order valence-electron chi connectivity index (χ2n) is 5.93. The molecule has 0 radical (unpaired) electrons. The van der Waals surface area contributed by atoms with E-state index < -0.39 is 5.60 Å². The number of ether oxygens (including phenoxy) is 2. The monoisotopic (exact) mass is 272 g/mol. The Bertz CT molecular complexity index is 270. The van der Waals surface area contributed by atoms with Gasteiger partial charge in [0.15, 0.2) is 0 Å². The molecule has 1 heterocycles. The summed E-state index contributed by atoms with van der Waals surface area (Å²) in [5.74, 6) is 0. The molecule has 0 aliphatic carbocycles. The number of hydrogen-bond acceptors (Lipinski definition) is 4. The third-order valence-electron chi connectivity index (χ3n) is 3.01. The van der Waals surface area contributed by atoms with Crippen molar-refractivity contribution >= 4 is 6.09 Å². The van der Waals surface area contributed by atoms with Gasteiger partial charge in [-0.25, -0.2) is 4.79 Å². The fourth-order valence-electron chi connectivity index (χ4n) is 2.01. The maximum Gasteiger partial charge on any atom is 0.410 e. The number of nitrogens with one attached hydrogen (secondary N) is 1. The zero-order valence-corrected chi connectivity index (χ0v) is 12.7. The quantitative estimate of drug-likeness (QED) is 0.832. The molecule has 0 saturated carbocycles. The second-order valence-corrected chi connectivity index (χ2v) is 5.93. The fourth-order valence-corrected chi connectivity index (χ4v) is 2.01. The molecule has 0 bridgehead atoms. The van der Waals surface area contributed by atoms with Gasteiger partial charge in [0.05, 0.1) is 6.61 Å². The van der Waals surface area contributed by atoms with Gasteiger partial charge in [-0.3, -0.25) is 0 Å². The molecule has 0 aromatic rings. The second kappa shape index (κ2) is 7.70. The predicted octanol–water partition coefficient (Wildman–Crippen LogP) is 2.01. The van der Waals surface area contributed by atoms with Crippen molar-refractivity contribution in [1.29, 1.82) is 0 Å². The Morgan fingerprint density at radius 1 is 1.47 bits per heavy atom. The maximum atomic E-state index is 11.9. The van der Waals surface area contributed by atoms with Crippen LogP contribution < -0.4 is 5.32 Å². The summed E-state index contributed by atoms with van der Waals surface area (Å²) in [7, 11) is 0. The molecule has 1 saturated heterocycles. The van der Waals surface area contributed by atoms with E-state index in [-0.39, 0.29) is 6.09 Å². The highest BCUT2D eigenvalue weighted by atomic mass is 16.6. The zero-order chi connectivity index (χ0) is 14.3. The number of hydrogen-bond donors (Lipinski definition) is 1. The zero-order valence-electron chi connectivity index (χ0n) is 12.7. The van der Waals surface area contributed by atoms with Crippen LogP contribution in [0.4, 0.5) is 4.79 Å². The van der Waals surface area contributed by atoms with Crippen LogP contribution in [-0.4, -0.2) is 55.5 Å². The van der Waals surface area contributed by atoms with Gasteiger partial charge in [-0.15, -0.1) is 0 Å². The van der Waals surface area contributed by atoms with Gasteiger partial charge in [0.1, 0.15) is 5.60 Å². The first-order chi connectivity index (χ1) is 8.92. The number of likely N-dealkylation sites (N-methyl/N-ethyl adjacent to an activating group) is 1. The van der Waals surface area contributed by atoms with Crippen LogP contribution in [0.1, 0.15) is 40.5 Å². The molecule has 1 aliphatic heterocycles. The van der Waals surface area contributed by atoms with Gasteiger partial charge >= 0.3 is 6.09 Å². The Morgan fingerprint density at radius 3 is 2.74 bits per heavy atom. The average Bonchev–Trinajstić information content (AvgIpc) is 2.33. The van der Waals surface area contributed by atoms with Gasteiger partial charge in [-0.1, -0.05) is 0 Å². The molecule has 19 heavy (non-hydrogen) atoms. The summed E-state index contributed by atoms with van der Waals surface area (Å²) in [6.45, 7) is 11.4. The lowest BCUT2D eigenvalue weighted by Crippen LogP contribution is -2.44. The SMILES string of the molecule is CCN(CCNC1CCCOC1)C(=O)OC(C)(C)C. The van der Waals surface area contributed by atoms with Crippen LogP contribution in [-0.2, 0) is 9.47 Å². The van der Waals surface area contributed by atoms with Crippen molar-refractivity contribution in [2.24, 2.45) is 0 Å². The molecule has 0 aromatic heterocycles. The number of amides is 1. The van der Waals surface area contributed by atoms with Crippen LogP contribution >= 0.6 is 0 Å². The molecule has 1 rings (SSSR count). The number of rotatable bonds is 5. The van der Waals surface area contributed by atoms with Crippen molar-refractivity contribution in [2.45, 2.75) is 52.2 Å². The minimum atomic E-state index is -0.435. The molecule has 5 heteroatoms. The summed E-state index contributed by atoms with van der Waals surface area (Å²) in [5, 5.41) is 3.43. The Hall–Kier alpha value is -0.810. The van der Waals surface area contributed by atoms with E-state index in [0.717, 1.165) is 32.6 Å². The van der Waals surface area contributed by atoms with Gasteiger partial charge in [-0.2, -0.15) is 0 Å². The Kier molecular flexibility index (Phi) is 6.58. The van der Waals surface area contributed by atoms with Crippen LogP contribution in [0.3, 0.4) is 0 Å². The lowest BCUT2D eigenvalue weighted by Gasteiger charge is -2.28. The van der Waals surface area contributed by atoms with Crippen molar-refractivity contribution in [2.75, 3.05) is 32.8 Å². The van der Waals surface area contributed by atoms with E-state index in [2.05, 4.69) is 5.32 Å². The van der Waals surface area contributed by atoms with E-state index >= 15 is 0 Å². The first-order valence-electron chi connectivity index (χ1n) is 7.21. The summed E-state index contributed by atoms with van der Waals surface area (Å²) >= 11 is 0. The van der Waals surface area contributed by atoms with Crippen molar-refractivity contribution in [3.63, 3.8) is 0 Å². The topological polar surface area (TPSA) is 50.8 Å². The summed E-state index contributed by atoms with van der Waals surface area (Å²) in [5.41, 5.74) is -0.435. The number of nitrogens with zero attached hydrogens (tertiary/aromatic N) is 1. The molecular weight excluding hydrogens is 244 g/mol. The molecule has 1 unspecified atom stereocenters. The third-order valence-corrected chi connectivity index (χ3v) is 3.01. The minimum absolute atomic E-state index is 0.239.